The van der Waals surface area contributed by atoms with Crippen LogP contribution in [-0.4, -0.2) is 39.0 Å². The van der Waals surface area contributed by atoms with Crippen LogP contribution in [0, 0.1) is 5.92 Å². The van der Waals surface area contributed by atoms with E-state index in [0.29, 0.717) is 12.1 Å². The van der Waals surface area contributed by atoms with Crippen molar-refractivity contribution in [1.29, 1.82) is 0 Å². The van der Waals surface area contributed by atoms with E-state index in [1.807, 2.05) is 13.8 Å². The van der Waals surface area contributed by atoms with Crippen LogP contribution in [0.1, 0.15) is 26.0 Å². The molecule has 0 bridgehead atoms. The van der Waals surface area contributed by atoms with Crippen LogP contribution in [-0.2, 0) is 16.0 Å². The Bertz CT molecular complexity index is 417. The molecule has 0 aliphatic carbocycles. The van der Waals surface area contributed by atoms with E-state index in [-0.39, 0.29) is 12.3 Å². The molecule has 0 radical (unpaired) electrons. The molecule has 0 aliphatic rings. The third-order valence-electron chi connectivity index (χ3n) is 2.66. The number of nitrogens with one attached hydrogen (secondary N) is 2. The normalized spacial score (nSPS) is 14.1. The van der Waals surface area contributed by atoms with Gasteiger partial charge in [0.05, 0.1) is 12.4 Å². The minimum atomic E-state index is -1.10. The predicted octanol–water partition coefficient (Wildman–Crippen LogP) is -0.105. The summed E-state index contributed by atoms with van der Waals surface area (Å²) in [5.74, 6) is -1.27. The largest absolute Gasteiger partial charge is 0.480 e. The van der Waals surface area contributed by atoms with Gasteiger partial charge < -0.3 is 21.1 Å². The molecule has 0 unspecified atom stereocenters. The van der Waals surface area contributed by atoms with Crippen molar-refractivity contribution in [3.63, 3.8) is 0 Å². The summed E-state index contributed by atoms with van der Waals surface area (Å²) in [6.07, 6.45) is 3.65. The Hall–Kier alpha value is -1.89. The first-order chi connectivity index (χ1) is 8.90. The van der Waals surface area contributed by atoms with Gasteiger partial charge in [-0.25, -0.2) is 9.78 Å². The summed E-state index contributed by atoms with van der Waals surface area (Å²) in [6.45, 7) is 3.90. The number of aromatic amines is 1. The molecule has 106 valence electrons. The highest BCUT2D eigenvalue weighted by Crippen LogP contribution is 2.04. The maximum absolute atomic E-state index is 11.8. The average Bonchev–Trinajstić information content (AvgIpc) is 2.79. The number of imidazole rings is 1. The Balaban J connectivity index is 2.58. The standard InChI is InChI=1S/C12H20N4O3/c1-7(2)3-9(13)11(17)16-10(12(18)19)4-8-5-14-6-15-8/h5-7,9-10H,3-4,13H2,1-2H3,(H,14,15)(H,16,17)(H,18,19)/t9-,10-/m1/s1. The van der Waals surface area contributed by atoms with Crippen molar-refractivity contribution in [2.24, 2.45) is 11.7 Å². The molecule has 7 nitrogen and oxygen atoms in total. The fourth-order valence-corrected chi connectivity index (χ4v) is 1.71. The van der Waals surface area contributed by atoms with Gasteiger partial charge in [0.15, 0.2) is 0 Å². The van der Waals surface area contributed by atoms with Crippen molar-refractivity contribution in [3.05, 3.63) is 18.2 Å². The summed E-state index contributed by atoms with van der Waals surface area (Å²) >= 11 is 0. The highest BCUT2D eigenvalue weighted by atomic mass is 16.4. The summed E-state index contributed by atoms with van der Waals surface area (Å²) in [6, 6.07) is -1.70. The van der Waals surface area contributed by atoms with Crippen molar-refractivity contribution in [1.82, 2.24) is 15.3 Å². The maximum atomic E-state index is 11.8. The molecule has 0 fully saturated rings. The Morgan fingerprint density at radius 3 is 2.68 bits per heavy atom. The SMILES string of the molecule is CC(C)C[C@@H](N)C(=O)N[C@H](Cc1cnc[nH]1)C(=O)O. The molecule has 0 spiro atoms. The number of H-pyrrole nitrogens is 1. The van der Waals surface area contributed by atoms with E-state index >= 15 is 0 Å². The number of carbonyl (C=O) groups excluding carboxylic acids is 1. The van der Waals surface area contributed by atoms with Crippen molar-refractivity contribution in [2.45, 2.75) is 38.8 Å². The predicted molar refractivity (Wildman–Crippen MR) is 69.3 cm³/mol. The maximum Gasteiger partial charge on any atom is 0.326 e. The number of nitrogens with two attached hydrogens (primary N) is 1. The van der Waals surface area contributed by atoms with E-state index in [1.165, 1.54) is 12.5 Å². The van der Waals surface area contributed by atoms with Crippen molar-refractivity contribution >= 4 is 11.9 Å². The summed E-state index contributed by atoms with van der Waals surface area (Å²) in [5, 5.41) is 11.5. The third kappa shape index (κ3) is 5.09. The molecule has 2 atom stereocenters. The van der Waals surface area contributed by atoms with Gasteiger partial charge in [0.25, 0.3) is 0 Å². The number of carbonyl (C=O) groups is 2. The Labute approximate surface area is 111 Å². The molecule has 0 aliphatic heterocycles. The Kier molecular flexibility index (Phi) is 5.50. The summed E-state index contributed by atoms with van der Waals surface area (Å²) < 4.78 is 0. The first-order valence-corrected chi connectivity index (χ1v) is 6.16. The smallest absolute Gasteiger partial charge is 0.326 e. The number of nitrogens with zero attached hydrogens (tertiary/aromatic N) is 1. The van der Waals surface area contributed by atoms with E-state index < -0.39 is 24.0 Å². The van der Waals surface area contributed by atoms with Gasteiger partial charge in [0.2, 0.25) is 5.91 Å². The number of rotatable bonds is 7. The lowest BCUT2D eigenvalue weighted by molar-refractivity contribution is -0.142. The fourth-order valence-electron chi connectivity index (χ4n) is 1.71. The average molecular weight is 268 g/mol. The first-order valence-electron chi connectivity index (χ1n) is 6.16. The van der Waals surface area contributed by atoms with E-state index in [1.54, 1.807) is 0 Å². The molecule has 1 amide bonds. The molecule has 5 N–H and O–H groups in total. The van der Waals surface area contributed by atoms with Crippen molar-refractivity contribution in [2.75, 3.05) is 0 Å². The van der Waals surface area contributed by atoms with Gasteiger partial charge >= 0.3 is 5.97 Å². The number of carboxylic acid groups (broad SMARTS) is 1. The van der Waals surface area contributed by atoms with Gasteiger partial charge in [-0.3, -0.25) is 4.79 Å². The van der Waals surface area contributed by atoms with E-state index in [0.717, 1.165) is 0 Å². The van der Waals surface area contributed by atoms with Crippen LogP contribution in [0.25, 0.3) is 0 Å². The third-order valence-corrected chi connectivity index (χ3v) is 2.66. The van der Waals surface area contributed by atoms with E-state index in [2.05, 4.69) is 15.3 Å². The zero-order chi connectivity index (χ0) is 14.4. The van der Waals surface area contributed by atoms with Crippen LogP contribution in [0.2, 0.25) is 0 Å². The fraction of sp³-hybridized carbons (Fsp3) is 0.583. The first kappa shape index (κ1) is 15.2. The summed E-state index contributed by atoms with van der Waals surface area (Å²) in [4.78, 5) is 29.5. The molecular weight excluding hydrogens is 248 g/mol. The molecular formula is C12H20N4O3. The van der Waals surface area contributed by atoms with Crippen LogP contribution in [0.4, 0.5) is 0 Å². The molecule has 1 rings (SSSR count). The minimum Gasteiger partial charge on any atom is -0.480 e. The van der Waals surface area contributed by atoms with Crippen molar-refractivity contribution in [3.8, 4) is 0 Å². The van der Waals surface area contributed by atoms with E-state index in [4.69, 9.17) is 10.8 Å². The number of amides is 1. The van der Waals surface area contributed by atoms with Crippen LogP contribution < -0.4 is 11.1 Å². The molecule has 1 heterocycles. The highest BCUT2D eigenvalue weighted by Gasteiger charge is 2.24. The monoisotopic (exact) mass is 268 g/mol. The van der Waals surface area contributed by atoms with Crippen LogP contribution in [0.5, 0.6) is 0 Å². The highest BCUT2D eigenvalue weighted by molar-refractivity contribution is 5.86. The Morgan fingerprint density at radius 1 is 1.53 bits per heavy atom. The number of aromatic nitrogens is 2. The molecule has 0 saturated heterocycles. The molecule has 0 saturated carbocycles. The van der Waals surface area contributed by atoms with Gasteiger partial charge in [-0.2, -0.15) is 0 Å². The molecule has 19 heavy (non-hydrogen) atoms. The lowest BCUT2D eigenvalue weighted by Gasteiger charge is -2.18. The molecule has 7 heteroatoms. The molecule has 1 aromatic heterocycles. The zero-order valence-electron chi connectivity index (χ0n) is 11.1. The van der Waals surface area contributed by atoms with Gasteiger partial charge in [-0.15, -0.1) is 0 Å². The lowest BCUT2D eigenvalue weighted by Crippen LogP contribution is -2.49. The van der Waals surface area contributed by atoms with Gasteiger partial charge in [0, 0.05) is 18.3 Å². The zero-order valence-corrected chi connectivity index (χ0v) is 11.1. The van der Waals surface area contributed by atoms with Gasteiger partial charge in [0.1, 0.15) is 6.04 Å². The number of carboxylic acids is 1. The quantitative estimate of drug-likeness (QED) is 0.550. The van der Waals surface area contributed by atoms with Crippen LogP contribution in [0.3, 0.4) is 0 Å². The lowest BCUT2D eigenvalue weighted by atomic mass is 10.0. The van der Waals surface area contributed by atoms with Gasteiger partial charge in [-0.05, 0) is 12.3 Å². The van der Waals surface area contributed by atoms with E-state index in [9.17, 15) is 9.59 Å². The second-order valence-corrected chi connectivity index (χ2v) is 4.92. The summed E-state index contributed by atoms with van der Waals surface area (Å²) in [7, 11) is 0. The molecule has 1 aromatic rings. The number of hydrogen-bond donors (Lipinski definition) is 4. The summed E-state index contributed by atoms with van der Waals surface area (Å²) in [5.41, 5.74) is 6.36. The van der Waals surface area contributed by atoms with Gasteiger partial charge in [-0.1, -0.05) is 13.8 Å². The Morgan fingerprint density at radius 2 is 2.21 bits per heavy atom. The van der Waals surface area contributed by atoms with Crippen LogP contribution in [0.15, 0.2) is 12.5 Å². The molecule has 0 aromatic carbocycles. The van der Waals surface area contributed by atoms with Crippen molar-refractivity contribution < 1.29 is 14.7 Å². The van der Waals surface area contributed by atoms with Crippen LogP contribution >= 0.6 is 0 Å². The number of hydrogen-bond acceptors (Lipinski definition) is 4. The number of aliphatic carboxylic acids is 1. The second kappa shape index (κ2) is 6.89. The topological polar surface area (TPSA) is 121 Å². The second-order valence-electron chi connectivity index (χ2n) is 4.92. The minimum absolute atomic E-state index is 0.148.